The van der Waals surface area contributed by atoms with E-state index in [0.717, 1.165) is 5.92 Å². The van der Waals surface area contributed by atoms with E-state index in [1.807, 2.05) is 0 Å². The van der Waals surface area contributed by atoms with Gasteiger partial charge >= 0.3 is 0 Å². The van der Waals surface area contributed by atoms with E-state index in [1.54, 1.807) is 0 Å². The number of hydrogen-bond acceptors (Lipinski definition) is 3. The van der Waals surface area contributed by atoms with Crippen molar-refractivity contribution < 1.29 is 9.84 Å². The zero-order valence-electron chi connectivity index (χ0n) is 12.6. The molecule has 3 aliphatic rings. The normalized spacial score (nSPS) is 41.7. The third-order valence-electron chi connectivity index (χ3n) is 6.48. The van der Waals surface area contributed by atoms with Crippen LogP contribution in [-0.4, -0.2) is 36.5 Å². The molecule has 3 aliphatic carbocycles. The van der Waals surface area contributed by atoms with E-state index in [2.05, 4.69) is 26.1 Å². The predicted molar refractivity (Wildman–Crippen MR) is 76.0 cm³/mol. The highest BCUT2D eigenvalue weighted by Crippen LogP contribution is 2.66. The third-order valence-corrected chi connectivity index (χ3v) is 6.48. The first-order chi connectivity index (χ1) is 8.97. The lowest BCUT2D eigenvalue weighted by molar-refractivity contribution is -0.0573. The minimum atomic E-state index is 0.123. The molecule has 0 radical (unpaired) electrons. The van der Waals surface area contributed by atoms with Crippen LogP contribution in [0.15, 0.2) is 0 Å². The molecule has 3 fully saturated rings. The summed E-state index contributed by atoms with van der Waals surface area (Å²) in [6, 6.07) is 0.756. The van der Waals surface area contributed by atoms with Gasteiger partial charge in [0.05, 0.1) is 25.4 Å². The first kappa shape index (κ1) is 13.8. The molecule has 19 heavy (non-hydrogen) atoms. The van der Waals surface area contributed by atoms with Crippen molar-refractivity contribution >= 4 is 0 Å². The van der Waals surface area contributed by atoms with Crippen LogP contribution in [0, 0.1) is 16.7 Å². The fourth-order valence-electron chi connectivity index (χ4n) is 4.35. The zero-order valence-corrected chi connectivity index (χ0v) is 12.6. The molecule has 3 saturated carbocycles. The van der Waals surface area contributed by atoms with Crippen LogP contribution >= 0.6 is 0 Å². The number of aliphatic hydroxyl groups is 1. The summed E-state index contributed by atoms with van der Waals surface area (Å²) in [4.78, 5) is 0. The average molecular weight is 267 g/mol. The molecule has 0 aromatic carbocycles. The van der Waals surface area contributed by atoms with Crippen molar-refractivity contribution in [1.82, 2.24) is 5.32 Å². The summed E-state index contributed by atoms with van der Waals surface area (Å²) in [5.41, 5.74) is 0.744. The third kappa shape index (κ3) is 2.24. The van der Waals surface area contributed by atoms with Gasteiger partial charge in [0.25, 0.3) is 0 Å². The molecule has 0 aromatic rings. The average Bonchev–Trinajstić information content (AvgIpc) is 3.13. The van der Waals surface area contributed by atoms with Gasteiger partial charge in [-0.25, -0.2) is 0 Å². The highest BCUT2D eigenvalue weighted by Gasteiger charge is 2.61. The molecule has 4 unspecified atom stereocenters. The maximum absolute atomic E-state index is 9.43. The fraction of sp³-hybridized carbons (Fsp3) is 1.00. The smallest absolute Gasteiger partial charge is 0.0646 e. The molecule has 110 valence electrons. The molecule has 0 spiro atoms. The lowest BCUT2D eigenvalue weighted by atomic mass is 9.70. The van der Waals surface area contributed by atoms with E-state index < -0.39 is 0 Å². The van der Waals surface area contributed by atoms with Gasteiger partial charge in [-0.3, -0.25) is 0 Å². The van der Waals surface area contributed by atoms with Crippen molar-refractivity contribution in [1.29, 1.82) is 0 Å². The van der Waals surface area contributed by atoms with Crippen LogP contribution in [-0.2, 0) is 4.74 Å². The summed E-state index contributed by atoms with van der Waals surface area (Å²) in [5.74, 6) is 0.825. The van der Waals surface area contributed by atoms with Crippen LogP contribution in [0.4, 0.5) is 0 Å². The number of ether oxygens (including phenoxy) is 1. The van der Waals surface area contributed by atoms with Crippen LogP contribution in [0.1, 0.15) is 52.9 Å². The van der Waals surface area contributed by atoms with Crippen LogP contribution in [0.25, 0.3) is 0 Å². The molecular formula is C16H29NO2. The van der Waals surface area contributed by atoms with Gasteiger partial charge in [-0.15, -0.1) is 0 Å². The topological polar surface area (TPSA) is 41.5 Å². The largest absolute Gasteiger partial charge is 0.395 e. The van der Waals surface area contributed by atoms with Gasteiger partial charge in [-0.2, -0.15) is 0 Å². The van der Waals surface area contributed by atoms with Crippen molar-refractivity contribution in [2.45, 2.75) is 71.1 Å². The molecule has 0 aromatic heterocycles. The Balaban J connectivity index is 1.56. The van der Waals surface area contributed by atoms with Gasteiger partial charge in [0.2, 0.25) is 0 Å². The monoisotopic (exact) mass is 267 g/mol. The molecule has 2 N–H and O–H groups in total. The number of aliphatic hydroxyl groups excluding tert-OH is 1. The summed E-state index contributed by atoms with van der Waals surface area (Å²) >= 11 is 0. The Bertz CT molecular complexity index is 340. The van der Waals surface area contributed by atoms with Gasteiger partial charge in [-0.1, -0.05) is 20.8 Å². The fourth-order valence-corrected chi connectivity index (χ4v) is 4.35. The molecule has 0 amide bonds. The molecular weight excluding hydrogens is 238 g/mol. The van der Waals surface area contributed by atoms with Crippen molar-refractivity contribution in [2.24, 2.45) is 16.7 Å². The summed E-state index contributed by atoms with van der Waals surface area (Å²) in [6.45, 7) is 8.09. The van der Waals surface area contributed by atoms with Gasteiger partial charge in [0.1, 0.15) is 0 Å². The van der Waals surface area contributed by atoms with E-state index in [1.165, 1.54) is 32.1 Å². The Kier molecular flexibility index (Phi) is 3.43. The molecule has 2 bridgehead atoms. The Morgan fingerprint density at radius 1 is 1.26 bits per heavy atom. The second-order valence-electron chi connectivity index (χ2n) is 7.75. The lowest BCUT2D eigenvalue weighted by Crippen LogP contribution is -2.43. The maximum atomic E-state index is 9.43. The van der Waals surface area contributed by atoms with E-state index in [9.17, 15) is 5.11 Å². The lowest BCUT2D eigenvalue weighted by Gasteiger charge is -2.39. The van der Waals surface area contributed by atoms with E-state index >= 15 is 0 Å². The molecule has 0 heterocycles. The zero-order chi connectivity index (χ0) is 13.7. The number of rotatable bonds is 6. The summed E-state index contributed by atoms with van der Waals surface area (Å²) in [7, 11) is 0. The highest BCUT2D eigenvalue weighted by atomic mass is 16.5. The second kappa shape index (κ2) is 4.71. The number of fused-ring (bicyclic) bond motifs is 2. The van der Waals surface area contributed by atoms with Crippen molar-refractivity contribution in [2.75, 3.05) is 13.2 Å². The van der Waals surface area contributed by atoms with E-state index in [0.29, 0.717) is 29.6 Å². The van der Waals surface area contributed by atoms with E-state index in [4.69, 9.17) is 4.74 Å². The SMILES string of the molecule is CC1(C)C2CCC1(C)C(OCC(CO)NC1CC1)C2. The Morgan fingerprint density at radius 3 is 2.47 bits per heavy atom. The minimum Gasteiger partial charge on any atom is -0.395 e. The van der Waals surface area contributed by atoms with Gasteiger partial charge < -0.3 is 15.2 Å². The molecule has 0 saturated heterocycles. The molecule has 4 atom stereocenters. The Labute approximate surface area is 117 Å². The van der Waals surface area contributed by atoms with Crippen molar-refractivity contribution in [3.8, 4) is 0 Å². The molecule has 3 heteroatoms. The summed E-state index contributed by atoms with van der Waals surface area (Å²) < 4.78 is 6.23. The standard InChI is InChI=1S/C16H29NO2/c1-15(2)11-6-7-16(15,3)14(8-11)19-10-13(9-18)17-12-4-5-12/h11-14,17-18H,4-10H2,1-3H3. The maximum Gasteiger partial charge on any atom is 0.0646 e. The number of nitrogens with one attached hydrogen (secondary N) is 1. The molecule has 0 aliphatic heterocycles. The summed E-state index contributed by atoms with van der Waals surface area (Å²) in [5, 5.41) is 12.9. The summed E-state index contributed by atoms with van der Waals surface area (Å²) in [6.07, 6.45) is 6.78. The minimum absolute atomic E-state index is 0.123. The van der Waals surface area contributed by atoms with Gasteiger partial charge in [-0.05, 0) is 48.9 Å². The van der Waals surface area contributed by atoms with E-state index in [-0.39, 0.29) is 12.6 Å². The highest BCUT2D eigenvalue weighted by molar-refractivity contribution is 5.11. The first-order valence-corrected chi connectivity index (χ1v) is 7.96. The van der Waals surface area contributed by atoms with Crippen molar-refractivity contribution in [3.05, 3.63) is 0 Å². The van der Waals surface area contributed by atoms with Crippen molar-refractivity contribution in [3.63, 3.8) is 0 Å². The van der Waals surface area contributed by atoms with Gasteiger partial charge in [0.15, 0.2) is 0 Å². The van der Waals surface area contributed by atoms with Crippen LogP contribution in [0.5, 0.6) is 0 Å². The van der Waals surface area contributed by atoms with Gasteiger partial charge in [0, 0.05) is 6.04 Å². The van der Waals surface area contributed by atoms with Crippen LogP contribution in [0.2, 0.25) is 0 Å². The predicted octanol–water partition coefficient (Wildman–Crippen LogP) is 2.33. The second-order valence-corrected chi connectivity index (χ2v) is 7.75. The number of hydrogen-bond donors (Lipinski definition) is 2. The Hall–Kier alpha value is -0.120. The first-order valence-electron chi connectivity index (χ1n) is 7.96. The molecule has 3 nitrogen and oxygen atoms in total. The molecule has 3 rings (SSSR count). The van der Waals surface area contributed by atoms with Crippen LogP contribution < -0.4 is 5.32 Å². The quantitative estimate of drug-likeness (QED) is 0.776. The Morgan fingerprint density at radius 2 is 2.00 bits per heavy atom. The van der Waals surface area contributed by atoms with Crippen LogP contribution in [0.3, 0.4) is 0 Å².